The van der Waals surface area contributed by atoms with Gasteiger partial charge in [-0.25, -0.2) is 18.2 Å². The summed E-state index contributed by atoms with van der Waals surface area (Å²) < 4.78 is 44.7. The Balaban J connectivity index is 1.31. The van der Waals surface area contributed by atoms with Gasteiger partial charge in [0, 0.05) is 17.5 Å². The molecule has 0 saturated carbocycles. The molecule has 0 atom stereocenters. The van der Waals surface area contributed by atoms with Gasteiger partial charge in [-0.3, -0.25) is 4.31 Å². The number of carbonyl (C=O) groups excluding carboxylic acids is 1. The Labute approximate surface area is 238 Å². The Kier molecular flexibility index (Phi) is 7.90. The van der Waals surface area contributed by atoms with Crippen LogP contribution in [0.1, 0.15) is 29.5 Å². The number of hydrogen-bond acceptors (Lipinski definition) is 8. The van der Waals surface area contributed by atoms with E-state index in [-0.39, 0.29) is 34.9 Å². The molecule has 0 saturated heterocycles. The van der Waals surface area contributed by atoms with Crippen molar-refractivity contribution in [2.24, 2.45) is 0 Å². The molecule has 4 aromatic rings. The van der Waals surface area contributed by atoms with Gasteiger partial charge in [0.05, 0.1) is 36.0 Å². The molecule has 41 heavy (non-hydrogen) atoms. The SMILES string of the molecule is CCOC(=O)/C(C#N)=C1/c2ccccc2S(=O)(=O)N1Cc1ccc(OCCc2nc(-c3ccccc3)oc2C)cc1. The van der Waals surface area contributed by atoms with Crippen molar-refractivity contribution < 1.29 is 27.1 Å². The van der Waals surface area contributed by atoms with Crippen LogP contribution in [0, 0.1) is 18.3 Å². The fourth-order valence-electron chi connectivity index (χ4n) is 4.57. The van der Waals surface area contributed by atoms with Crippen molar-refractivity contribution in [1.82, 2.24) is 9.29 Å². The maximum atomic E-state index is 13.5. The molecule has 208 valence electrons. The summed E-state index contributed by atoms with van der Waals surface area (Å²) in [6.07, 6.45) is 0.549. The van der Waals surface area contributed by atoms with Crippen LogP contribution < -0.4 is 4.74 Å². The van der Waals surface area contributed by atoms with Crippen LogP contribution in [0.3, 0.4) is 0 Å². The molecule has 0 fully saturated rings. The van der Waals surface area contributed by atoms with E-state index in [1.807, 2.05) is 43.3 Å². The van der Waals surface area contributed by atoms with Gasteiger partial charge in [-0.05, 0) is 49.7 Å². The van der Waals surface area contributed by atoms with E-state index < -0.39 is 16.0 Å². The molecule has 0 spiro atoms. The van der Waals surface area contributed by atoms with E-state index in [1.54, 1.807) is 49.4 Å². The summed E-state index contributed by atoms with van der Waals surface area (Å²) >= 11 is 0. The van der Waals surface area contributed by atoms with Crippen LogP contribution in [-0.2, 0) is 32.5 Å². The fraction of sp³-hybridized carbons (Fsp3) is 0.194. The molecule has 0 radical (unpaired) electrons. The predicted octanol–water partition coefficient (Wildman–Crippen LogP) is 5.27. The fourth-order valence-corrected chi connectivity index (χ4v) is 6.25. The molecule has 1 aliphatic rings. The van der Waals surface area contributed by atoms with Gasteiger partial charge in [-0.2, -0.15) is 5.26 Å². The molecule has 9 nitrogen and oxygen atoms in total. The number of hydrogen-bond donors (Lipinski definition) is 0. The number of esters is 1. The number of nitriles is 1. The molecule has 0 N–H and O–H groups in total. The number of rotatable bonds is 9. The second kappa shape index (κ2) is 11.7. The highest BCUT2D eigenvalue weighted by Crippen LogP contribution is 2.41. The van der Waals surface area contributed by atoms with Crippen LogP contribution in [0.15, 0.2) is 93.7 Å². The smallest absolute Gasteiger partial charge is 0.351 e. The number of aromatic nitrogens is 1. The third-order valence-corrected chi connectivity index (χ3v) is 8.36. The van der Waals surface area contributed by atoms with Gasteiger partial charge in [-0.15, -0.1) is 0 Å². The van der Waals surface area contributed by atoms with Crippen molar-refractivity contribution in [2.45, 2.75) is 31.7 Å². The minimum atomic E-state index is -4.01. The van der Waals surface area contributed by atoms with Crippen molar-refractivity contribution >= 4 is 21.7 Å². The largest absolute Gasteiger partial charge is 0.493 e. The number of ether oxygens (including phenoxy) is 2. The lowest BCUT2D eigenvalue weighted by atomic mass is 10.1. The van der Waals surface area contributed by atoms with E-state index in [2.05, 4.69) is 4.98 Å². The average molecular weight is 570 g/mol. The quantitative estimate of drug-likeness (QED) is 0.152. The zero-order chi connectivity index (χ0) is 29.0. The van der Waals surface area contributed by atoms with Crippen LogP contribution in [0.25, 0.3) is 17.2 Å². The predicted molar refractivity (Wildman–Crippen MR) is 151 cm³/mol. The Morgan fingerprint density at radius 1 is 1.02 bits per heavy atom. The van der Waals surface area contributed by atoms with E-state index in [9.17, 15) is 18.5 Å². The topological polar surface area (TPSA) is 123 Å². The maximum absolute atomic E-state index is 13.5. The molecule has 0 aliphatic carbocycles. The first-order chi connectivity index (χ1) is 19.8. The number of aryl methyl sites for hydroxylation is 1. The van der Waals surface area contributed by atoms with Crippen LogP contribution in [0.2, 0.25) is 0 Å². The second-order valence-corrected chi connectivity index (χ2v) is 11.0. The molecular weight excluding hydrogens is 542 g/mol. The molecule has 5 rings (SSSR count). The average Bonchev–Trinajstić information content (AvgIpc) is 3.45. The van der Waals surface area contributed by atoms with Gasteiger partial charge in [0.2, 0.25) is 5.89 Å². The molecule has 10 heteroatoms. The van der Waals surface area contributed by atoms with E-state index in [0.717, 1.165) is 21.3 Å². The van der Waals surface area contributed by atoms with E-state index in [1.165, 1.54) is 6.07 Å². The van der Waals surface area contributed by atoms with Crippen LogP contribution in [0.4, 0.5) is 0 Å². The lowest BCUT2D eigenvalue weighted by Crippen LogP contribution is -2.25. The van der Waals surface area contributed by atoms with Gasteiger partial charge in [0.25, 0.3) is 10.0 Å². The highest BCUT2D eigenvalue weighted by atomic mass is 32.2. The number of carbonyl (C=O) groups is 1. The van der Waals surface area contributed by atoms with Gasteiger partial charge in [-0.1, -0.05) is 48.5 Å². The summed E-state index contributed by atoms with van der Waals surface area (Å²) in [4.78, 5) is 17.2. The van der Waals surface area contributed by atoms with E-state index in [0.29, 0.717) is 30.2 Å². The third kappa shape index (κ3) is 5.58. The zero-order valence-corrected chi connectivity index (χ0v) is 23.3. The first-order valence-corrected chi connectivity index (χ1v) is 14.4. The van der Waals surface area contributed by atoms with Gasteiger partial charge < -0.3 is 13.9 Å². The number of nitrogens with zero attached hydrogens (tertiary/aromatic N) is 3. The third-order valence-electron chi connectivity index (χ3n) is 6.56. The monoisotopic (exact) mass is 569 g/mol. The Morgan fingerprint density at radius 3 is 2.44 bits per heavy atom. The summed E-state index contributed by atoms with van der Waals surface area (Å²) in [5.74, 6) is 1.03. The molecular formula is C31H27N3O6S. The van der Waals surface area contributed by atoms with Crippen molar-refractivity contribution in [1.29, 1.82) is 5.26 Å². The Morgan fingerprint density at radius 2 is 1.73 bits per heavy atom. The number of oxazole rings is 1. The standard InChI is InChI=1S/C31H27N3O6S/c1-3-38-31(35)26(19-32)29-25-11-7-8-12-28(25)41(36,37)34(29)20-22-13-15-24(16-14-22)39-18-17-27-21(2)40-30(33-27)23-9-5-4-6-10-23/h4-16H,3,17-18,20H2,1-2H3/b29-26-. The molecule has 0 amide bonds. The molecule has 1 aromatic heterocycles. The minimum Gasteiger partial charge on any atom is -0.493 e. The number of fused-ring (bicyclic) bond motifs is 1. The van der Waals surface area contributed by atoms with E-state index >= 15 is 0 Å². The summed E-state index contributed by atoms with van der Waals surface area (Å²) in [6.45, 7) is 3.83. The summed E-state index contributed by atoms with van der Waals surface area (Å²) in [6, 6.07) is 24.8. The van der Waals surface area contributed by atoms with Crippen molar-refractivity contribution in [2.75, 3.05) is 13.2 Å². The van der Waals surface area contributed by atoms with Crippen molar-refractivity contribution in [3.8, 4) is 23.3 Å². The summed E-state index contributed by atoms with van der Waals surface area (Å²) in [7, 11) is -4.01. The van der Waals surface area contributed by atoms with E-state index in [4.69, 9.17) is 13.9 Å². The first kappa shape index (κ1) is 27.7. The van der Waals surface area contributed by atoms with Crippen LogP contribution >= 0.6 is 0 Å². The minimum absolute atomic E-state index is 0.0136. The van der Waals surface area contributed by atoms with Crippen molar-refractivity contribution in [3.63, 3.8) is 0 Å². The van der Waals surface area contributed by atoms with Gasteiger partial charge in [0.1, 0.15) is 17.6 Å². The molecule has 3 aromatic carbocycles. The highest BCUT2D eigenvalue weighted by Gasteiger charge is 2.41. The molecule has 0 bridgehead atoms. The van der Waals surface area contributed by atoms with Crippen molar-refractivity contribution in [3.05, 3.63) is 107 Å². The maximum Gasteiger partial charge on any atom is 0.351 e. The van der Waals surface area contributed by atoms with Gasteiger partial charge >= 0.3 is 5.97 Å². The van der Waals surface area contributed by atoms with Crippen LogP contribution in [-0.4, -0.2) is 36.9 Å². The molecule has 0 unspecified atom stereocenters. The normalized spacial score (nSPS) is 14.7. The first-order valence-electron chi connectivity index (χ1n) is 13.0. The molecule has 1 aliphatic heterocycles. The molecule has 2 heterocycles. The summed E-state index contributed by atoms with van der Waals surface area (Å²) in [5, 5.41) is 9.78. The summed E-state index contributed by atoms with van der Waals surface area (Å²) in [5.41, 5.74) is 2.30. The second-order valence-electron chi connectivity index (χ2n) is 9.19. The Hall–Kier alpha value is -4.88. The lowest BCUT2D eigenvalue weighted by Gasteiger charge is -2.20. The number of sulfonamides is 1. The zero-order valence-electron chi connectivity index (χ0n) is 22.5. The van der Waals surface area contributed by atoms with Crippen LogP contribution in [0.5, 0.6) is 5.75 Å². The highest BCUT2D eigenvalue weighted by molar-refractivity contribution is 7.90. The Bertz CT molecular complexity index is 1750. The lowest BCUT2D eigenvalue weighted by molar-refractivity contribution is -0.137. The number of benzene rings is 3. The van der Waals surface area contributed by atoms with Gasteiger partial charge in [0.15, 0.2) is 5.57 Å².